The summed E-state index contributed by atoms with van der Waals surface area (Å²) >= 11 is 3.57. The van der Waals surface area contributed by atoms with Gasteiger partial charge in [0.15, 0.2) is 5.96 Å². The summed E-state index contributed by atoms with van der Waals surface area (Å²) in [5.74, 6) is 0.869. The number of nitrogens with zero attached hydrogens (tertiary/aromatic N) is 3. The van der Waals surface area contributed by atoms with Gasteiger partial charge in [-0.1, -0.05) is 30.3 Å². The van der Waals surface area contributed by atoms with Crippen molar-refractivity contribution in [3.8, 4) is 10.6 Å². The van der Waals surface area contributed by atoms with Crippen LogP contribution in [0, 0.1) is 6.92 Å². The van der Waals surface area contributed by atoms with Crippen molar-refractivity contribution >= 4 is 33.6 Å². The summed E-state index contributed by atoms with van der Waals surface area (Å²) in [6.45, 7) is 4.99. The zero-order chi connectivity index (χ0) is 20.1. The third-order valence-corrected chi connectivity index (χ3v) is 7.34. The maximum Gasteiger partial charge on any atom is 0.191 e. The number of aromatic nitrogens is 1. The van der Waals surface area contributed by atoms with E-state index in [2.05, 4.69) is 69.2 Å². The normalized spacial score (nSPS) is 15.5. The monoisotopic (exact) mass is 425 g/mol. The molecule has 1 saturated heterocycles. The molecule has 0 saturated carbocycles. The first kappa shape index (κ1) is 19.9. The van der Waals surface area contributed by atoms with Crippen molar-refractivity contribution in [2.75, 3.05) is 25.0 Å². The summed E-state index contributed by atoms with van der Waals surface area (Å²) in [4.78, 5) is 12.9. The topological polar surface area (TPSA) is 52.6 Å². The molecule has 0 aliphatic carbocycles. The molecule has 0 amide bonds. The molecule has 3 aromatic rings. The fraction of sp³-hybridized carbons (Fsp3) is 0.364. The molecule has 0 radical (unpaired) electrons. The Morgan fingerprint density at radius 1 is 1.17 bits per heavy atom. The second kappa shape index (κ2) is 9.41. The summed E-state index contributed by atoms with van der Waals surface area (Å²) in [5, 5.41) is 11.7. The van der Waals surface area contributed by atoms with Crippen LogP contribution in [0.25, 0.3) is 10.6 Å². The molecule has 0 atom stereocenters. The molecule has 5 nitrogen and oxygen atoms in total. The van der Waals surface area contributed by atoms with Gasteiger partial charge >= 0.3 is 0 Å². The maximum absolute atomic E-state index is 4.75. The number of hydrogen-bond acceptors (Lipinski definition) is 5. The van der Waals surface area contributed by atoms with E-state index in [0.29, 0.717) is 6.04 Å². The molecule has 1 aliphatic rings. The second-order valence-corrected chi connectivity index (χ2v) is 9.19. The number of aryl methyl sites for hydroxylation is 1. The van der Waals surface area contributed by atoms with Gasteiger partial charge in [0.05, 0.1) is 17.2 Å². The van der Waals surface area contributed by atoms with Gasteiger partial charge in [-0.2, -0.15) is 0 Å². The highest BCUT2D eigenvalue weighted by Crippen LogP contribution is 2.28. The van der Waals surface area contributed by atoms with Crippen molar-refractivity contribution in [2.45, 2.75) is 32.4 Å². The van der Waals surface area contributed by atoms with Gasteiger partial charge in [0.1, 0.15) is 5.01 Å². The van der Waals surface area contributed by atoms with Crippen LogP contribution in [0.15, 0.2) is 52.8 Å². The minimum absolute atomic E-state index is 0.458. The molecule has 1 aromatic carbocycles. The summed E-state index contributed by atoms with van der Waals surface area (Å²) in [6.07, 6.45) is 2.24. The fourth-order valence-corrected chi connectivity index (χ4v) is 5.34. The van der Waals surface area contributed by atoms with Gasteiger partial charge in [-0.25, -0.2) is 4.98 Å². The van der Waals surface area contributed by atoms with Crippen LogP contribution in [-0.2, 0) is 6.54 Å². The molecule has 1 fully saturated rings. The van der Waals surface area contributed by atoms with Gasteiger partial charge in [0.25, 0.3) is 0 Å². The molecule has 2 N–H and O–H groups in total. The van der Waals surface area contributed by atoms with Crippen molar-refractivity contribution in [1.82, 2.24) is 15.6 Å². The molecular formula is C22H27N5S2. The first-order valence-corrected chi connectivity index (χ1v) is 11.7. The van der Waals surface area contributed by atoms with Crippen molar-refractivity contribution in [3.05, 3.63) is 58.4 Å². The highest BCUT2D eigenvalue weighted by Gasteiger charge is 2.21. The summed E-state index contributed by atoms with van der Waals surface area (Å²) < 4.78 is 0. The number of anilines is 1. The standard InChI is InChI=1S/C22H27N5S2/c1-16-19(29-21(25-16)17-7-4-3-5-8-17)15-24-22(23-2)26-18-10-12-27(13-11-18)20-9-6-14-28-20/h3-9,14,18H,10-13,15H2,1-2H3,(H2,23,24,26). The predicted molar refractivity (Wildman–Crippen MR) is 125 cm³/mol. The van der Waals surface area contributed by atoms with E-state index in [4.69, 9.17) is 4.98 Å². The molecule has 152 valence electrons. The first-order valence-electron chi connectivity index (χ1n) is 10.0. The minimum Gasteiger partial charge on any atom is -0.363 e. The fourth-order valence-electron chi connectivity index (χ4n) is 3.54. The molecule has 0 bridgehead atoms. The van der Waals surface area contributed by atoms with Gasteiger partial charge in [-0.3, -0.25) is 4.99 Å². The Morgan fingerprint density at radius 2 is 1.97 bits per heavy atom. The van der Waals surface area contributed by atoms with E-state index in [-0.39, 0.29) is 0 Å². The van der Waals surface area contributed by atoms with E-state index in [1.807, 2.05) is 24.5 Å². The van der Waals surface area contributed by atoms with Gasteiger partial charge < -0.3 is 15.5 Å². The number of rotatable bonds is 5. The Labute approximate surface area is 180 Å². The van der Waals surface area contributed by atoms with Gasteiger partial charge in [0.2, 0.25) is 0 Å². The Bertz CT molecular complexity index is 926. The van der Waals surface area contributed by atoms with Crippen LogP contribution in [0.2, 0.25) is 0 Å². The third kappa shape index (κ3) is 4.97. The average molecular weight is 426 g/mol. The Morgan fingerprint density at radius 3 is 2.66 bits per heavy atom. The number of thiazole rings is 1. The molecule has 2 aromatic heterocycles. The van der Waals surface area contributed by atoms with Gasteiger partial charge in [0, 0.05) is 36.6 Å². The number of benzene rings is 1. The van der Waals surface area contributed by atoms with E-state index in [1.54, 1.807) is 11.3 Å². The zero-order valence-electron chi connectivity index (χ0n) is 16.9. The number of hydrogen-bond donors (Lipinski definition) is 2. The van der Waals surface area contributed by atoms with E-state index < -0.39 is 0 Å². The molecule has 4 rings (SSSR count). The summed E-state index contributed by atoms with van der Waals surface area (Å²) in [7, 11) is 1.84. The van der Waals surface area contributed by atoms with E-state index >= 15 is 0 Å². The lowest BCUT2D eigenvalue weighted by atomic mass is 10.1. The SMILES string of the molecule is CN=C(NCc1sc(-c2ccccc2)nc1C)NC1CCN(c2cccs2)CC1. The predicted octanol–water partition coefficient (Wildman–Crippen LogP) is 4.51. The highest BCUT2D eigenvalue weighted by molar-refractivity contribution is 7.15. The first-order chi connectivity index (χ1) is 14.2. The van der Waals surface area contributed by atoms with Crippen LogP contribution in [0.3, 0.4) is 0 Å². The average Bonchev–Trinajstić information content (AvgIpc) is 3.42. The Kier molecular flexibility index (Phi) is 6.46. The van der Waals surface area contributed by atoms with E-state index in [1.165, 1.54) is 15.4 Å². The van der Waals surface area contributed by atoms with Crippen LogP contribution in [0.1, 0.15) is 23.4 Å². The highest BCUT2D eigenvalue weighted by atomic mass is 32.1. The number of aliphatic imine (C=N–C) groups is 1. The van der Waals surface area contributed by atoms with Gasteiger partial charge in [-0.15, -0.1) is 22.7 Å². The maximum atomic E-state index is 4.75. The van der Waals surface area contributed by atoms with Crippen LogP contribution in [-0.4, -0.2) is 37.1 Å². The van der Waals surface area contributed by atoms with Gasteiger partial charge in [-0.05, 0) is 37.3 Å². The number of nitrogens with one attached hydrogen (secondary N) is 2. The molecule has 0 spiro atoms. The molecule has 0 unspecified atom stereocenters. The number of thiophene rings is 1. The van der Waals surface area contributed by atoms with E-state index in [0.717, 1.165) is 49.1 Å². The third-order valence-electron chi connectivity index (χ3n) is 5.21. The number of piperidine rings is 1. The van der Waals surface area contributed by atoms with Crippen LogP contribution in [0.5, 0.6) is 0 Å². The van der Waals surface area contributed by atoms with Crippen molar-refractivity contribution in [1.29, 1.82) is 0 Å². The van der Waals surface area contributed by atoms with Crippen molar-refractivity contribution < 1.29 is 0 Å². The Balaban J connectivity index is 1.30. The summed E-state index contributed by atoms with van der Waals surface area (Å²) in [6, 6.07) is 15.2. The quantitative estimate of drug-likeness (QED) is 0.466. The molecular weight excluding hydrogens is 398 g/mol. The van der Waals surface area contributed by atoms with Crippen LogP contribution >= 0.6 is 22.7 Å². The van der Waals surface area contributed by atoms with Crippen LogP contribution < -0.4 is 15.5 Å². The largest absolute Gasteiger partial charge is 0.363 e. The van der Waals surface area contributed by atoms with Crippen molar-refractivity contribution in [2.24, 2.45) is 4.99 Å². The lowest BCUT2D eigenvalue weighted by Crippen LogP contribution is -2.48. The second-order valence-electron chi connectivity index (χ2n) is 7.18. The summed E-state index contributed by atoms with van der Waals surface area (Å²) in [5.41, 5.74) is 2.26. The lowest BCUT2D eigenvalue weighted by molar-refractivity contribution is 0.463. The molecule has 29 heavy (non-hydrogen) atoms. The van der Waals surface area contributed by atoms with Crippen LogP contribution in [0.4, 0.5) is 5.00 Å². The van der Waals surface area contributed by atoms with E-state index in [9.17, 15) is 0 Å². The van der Waals surface area contributed by atoms with Crippen molar-refractivity contribution in [3.63, 3.8) is 0 Å². The minimum atomic E-state index is 0.458. The molecule has 1 aliphatic heterocycles. The molecule has 7 heteroatoms. The zero-order valence-corrected chi connectivity index (χ0v) is 18.5. The number of guanidine groups is 1. The smallest absolute Gasteiger partial charge is 0.191 e. The lowest BCUT2D eigenvalue weighted by Gasteiger charge is -2.33. The Hall–Kier alpha value is -2.38. The molecule has 3 heterocycles.